The normalized spacial score (nSPS) is 12.6. The highest BCUT2D eigenvalue weighted by Gasteiger charge is 2.40. The maximum Gasteiger partial charge on any atom is 0.418 e. The van der Waals surface area contributed by atoms with Gasteiger partial charge in [0.2, 0.25) is 5.43 Å². The molecule has 0 aliphatic heterocycles. The van der Waals surface area contributed by atoms with E-state index in [0.717, 1.165) is 18.5 Å². The van der Waals surface area contributed by atoms with Gasteiger partial charge in [0.15, 0.2) is 6.10 Å². The lowest BCUT2D eigenvalue weighted by Gasteiger charge is -2.14. The summed E-state index contributed by atoms with van der Waals surface area (Å²) in [6.45, 7) is 1.79. The minimum absolute atomic E-state index is 0.0458. The maximum atomic E-state index is 14.5. The van der Waals surface area contributed by atoms with Gasteiger partial charge in [0, 0.05) is 24.5 Å². The quantitative estimate of drug-likeness (QED) is 0.325. The lowest BCUT2D eigenvalue weighted by Crippen LogP contribution is -2.22. The number of fused-ring (bicyclic) bond motifs is 1. The van der Waals surface area contributed by atoms with Crippen molar-refractivity contribution < 1.29 is 32.2 Å². The average Bonchev–Trinajstić information content (AvgIpc) is 3.30. The highest BCUT2D eigenvalue weighted by atomic mass is 19.4. The van der Waals surface area contributed by atoms with Crippen LogP contribution in [0.1, 0.15) is 34.5 Å². The molecular weight excluding hydrogens is 470 g/mol. The van der Waals surface area contributed by atoms with E-state index in [4.69, 9.17) is 4.74 Å². The van der Waals surface area contributed by atoms with Crippen molar-refractivity contribution in [1.82, 2.24) is 14.3 Å². The van der Waals surface area contributed by atoms with Gasteiger partial charge in [0.1, 0.15) is 11.4 Å². The van der Waals surface area contributed by atoms with Crippen molar-refractivity contribution in [2.45, 2.75) is 25.7 Å². The van der Waals surface area contributed by atoms with Gasteiger partial charge in [-0.2, -0.15) is 18.3 Å². The third-order valence-corrected chi connectivity index (χ3v) is 5.34. The number of carbonyl (C=O) groups excluding carboxylic acids is 1. The number of aliphatic hydroxyl groups is 1. The maximum absolute atomic E-state index is 14.5. The number of esters is 1. The third kappa shape index (κ3) is 4.80. The number of rotatable bonds is 6. The predicted octanol–water partition coefficient (Wildman–Crippen LogP) is 4.15. The Hall–Kier alpha value is -3.99. The Morgan fingerprint density at radius 2 is 1.86 bits per heavy atom. The Balaban J connectivity index is 1.67. The summed E-state index contributed by atoms with van der Waals surface area (Å²) in [4.78, 5) is 25.0. The summed E-state index contributed by atoms with van der Waals surface area (Å²) in [6, 6.07) is 10.7. The van der Waals surface area contributed by atoms with Crippen LogP contribution in [0, 0.1) is 5.82 Å². The summed E-state index contributed by atoms with van der Waals surface area (Å²) in [5.41, 5.74) is -0.0373. The summed E-state index contributed by atoms with van der Waals surface area (Å²) < 4.78 is 60.4. The van der Waals surface area contributed by atoms with Crippen LogP contribution in [0.5, 0.6) is 0 Å². The number of benzene rings is 2. The molecule has 4 aromatic rings. The van der Waals surface area contributed by atoms with E-state index in [1.54, 1.807) is 41.8 Å². The molecule has 0 aliphatic carbocycles. The lowest BCUT2D eigenvalue weighted by atomic mass is 10.1. The molecule has 0 amide bonds. The molecule has 0 radical (unpaired) electrons. The molecular formula is C24H19F4N3O4. The number of carbonyl (C=O) groups is 1. The largest absolute Gasteiger partial charge is 0.462 e. The number of pyridine rings is 1. The van der Waals surface area contributed by atoms with Crippen LogP contribution in [-0.4, -0.2) is 38.2 Å². The van der Waals surface area contributed by atoms with Crippen LogP contribution in [0.25, 0.3) is 16.6 Å². The van der Waals surface area contributed by atoms with Crippen molar-refractivity contribution in [3.63, 3.8) is 0 Å². The molecule has 0 saturated carbocycles. The molecule has 0 saturated heterocycles. The number of halogens is 4. The average molecular weight is 489 g/mol. The first-order chi connectivity index (χ1) is 16.6. The zero-order valence-corrected chi connectivity index (χ0v) is 18.3. The third-order valence-electron chi connectivity index (χ3n) is 5.34. The number of hydrogen-bond donors (Lipinski definition) is 1. The van der Waals surface area contributed by atoms with Crippen LogP contribution in [0.2, 0.25) is 0 Å². The number of nitrogens with zero attached hydrogens (tertiary/aromatic N) is 3. The molecule has 2 aromatic heterocycles. The minimum Gasteiger partial charge on any atom is -0.462 e. The van der Waals surface area contributed by atoms with Gasteiger partial charge in [-0.1, -0.05) is 18.2 Å². The van der Waals surface area contributed by atoms with Crippen molar-refractivity contribution in [3.8, 4) is 5.69 Å². The summed E-state index contributed by atoms with van der Waals surface area (Å²) in [5.74, 6) is -1.62. The van der Waals surface area contributed by atoms with E-state index in [1.165, 1.54) is 16.9 Å². The first-order valence-corrected chi connectivity index (χ1v) is 10.5. The molecule has 1 atom stereocenters. The summed E-state index contributed by atoms with van der Waals surface area (Å²) in [6.07, 6.45) is -4.12. The first kappa shape index (κ1) is 24.1. The Labute approximate surface area is 195 Å². The predicted molar refractivity (Wildman–Crippen MR) is 118 cm³/mol. The fraction of sp³-hybridized carbons (Fsp3) is 0.208. The summed E-state index contributed by atoms with van der Waals surface area (Å²) >= 11 is 0. The molecule has 0 spiro atoms. The lowest BCUT2D eigenvalue weighted by molar-refractivity contribution is -0.206. The zero-order valence-electron chi connectivity index (χ0n) is 18.3. The minimum atomic E-state index is -4.81. The summed E-state index contributed by atoms with van der Waals surface area (Å²) in [5, 5.41) is 13.0. The van der Waals surface area contributed by atoms with E-state index in [0.29, 0.717) is 11.3 Å². The van der Waals surface area contributed by atoms with Gasteiger partial charge in [0.05, 0.1) is 29.4 Å². The van der Waals surface area contributed by atoms with Gasteiger partial charge in [-0.3, -0.25) is 4.79 Å². The second kappa shape index (κ2) is 9.34. The smallest absolute Gasteiger partial charge is 0.418 e. The van der Waals surface area contributed by atoms with Gasteiger partial charge in [0.25, 0.3) is 0 Å². The van der Waals surface area contributed by atoms with Gasteiger partial charge < -0.3 is 14.4 Å². The van der Waals surface area contributed by atoms with Crippen LogP contribution in [0.15, 0.2) is 65.8 Å². The molecule has 7 nitrogen and oxygen atoms in total. The molecule has 11 heteroatoms. The highest BCUT2D eigenvalue weighted by molar-refractivity contribution is 5.94. The molecule has 2 heterocycles. The molecule has 1 unspecified atom stereocenters. The number of aliphatic hydroxyl groups excluding tert-OH is 1. The zero-order chi connectivity index (χ0) is 25.3. The highest BCUT2D eigenvalue weighted by Crippen LogP contribution is 2.32. The van der Waals surface area contributed by atoms with Crippen LogP contribution >= 0.6 is 0 Å². The Morgan fingerprint density at radius 3 is 2.51 bits per heavy atom. The standard InChI is InChI=1S/C24H19F4N3O4/c1-2-35-23(34)17-13-30(19-5-3-4-18(25)20(19)21(17)32)11-14-6-8-16(9-7-14)31-12-15(10-29-31)22(33)24(26,27)28/h3-10,12-13,22,33H,2,11H2,1H3. The van der Waals surface area contributed by atoms with Gasteiger partial charge >= 0.3 is 12.1 Å². The van der Waals surface area contributed by atoms with Crippen LogP contribution in [0.4, 0.5) is 17.6 Å². The second-order valence-corrected chi connectivity index (χ2v) is 7.68. The van der Waals surface area contributed by atoms with Gasteiger partial charge in [-0.05, 0) is 36.8 Å². The van der Waals surface area contributed by atoms with E-state index >= 15 is 0 Å². The second-order valence-electron chi connectivity index (χ2n) is 7.68. The molecule has 35 heavy (non-hydrogen) atoms. The molecule has 0 aliphatic rings. The molecule has 182 valence electrons. The first-order valence-electron chi connectivity index (χ1n) is 10.5. The van der Waals surface area contributed by atoms with E-state index in [1.807, 2.05) is 0 Å². The van der Waals surface area contributed by atoms with E-state index in [9.17, 15) is 32.3 Å². The van der Waals surface area contributed by atoms with E-state index in [-0.39, 0.29) is 29.6 Å². The van der Waals surface area contributed by atoms with Crippen molar-refractivity contribution in [1.29, 1.82) is 0 Å². The number of alkyl halides is 3. The van der Waals surface area contributed by atoms with Crippen molar-refractivity contribution in [2.75, 3.05) is 6.61 Å². The van der Waals surface area contributed by atoms with Crippen LogP contribution in [-0.2, 0) is 11.3 Å². The van der Waals surface area contributed by atoms with Crippen LogP contribution in [0.3, 0.4) is 0 Å². The van der Waals surface area contributed by atoms with Gasteiger partial charge in [-0.25, -0.2) is 13.9 Å². The Morgan fingerprint density at radius 1 is 1.14 bits per heavy atom. The van der Waals surface area contributed by atoms with Crippen LogP contribution < -0.4 is 5.43 Å². The van der Waals surface area contributed by atoms with Crippen molar-refractivity contribution in [3.05, 3.63) is 93.8 Å². The molecule has 0 bridgehead atoms. The summed E-state index contributed by atoms with van der Waals surface area (Å²) in [7, 11) is 0. The van der Waals surface area contributed by atoms with Crippen molar-refractivity contribution >= 4 is 16.9 Å². The Bertz CT molecular complexity index is 1440. The monoisotopic (exact) mass is 489 g/mol. The van der Waals surface area contributed by atoms with E-state index in [2.05, 4.69) is 5.10 Å². The molecule has 4 rings (SSSR count). The fourth-order valence-electron chi connectivity index (χ4n) is 3.64. The van der Waals surface area contributed by atoms with Crippen molar-refractivity contribution in [2.24, 2.45) is 0 Å². The molecule has 1 N–H and O–H groups in total. The molecule has 0 fully saturated rings. The SMILES string of the molecule is CCOC(=O)c1cn(Cc2ccc(-n3cc(C(O)C(F)(F)F)cn3)cc2)c2cccc(F)c2c1=O. The number of aromatic nitrogens is 3. The van der Waals surface area contributed by atoms with E-state index < -0.39 is 35.1 Å². The number of hydrogen-bond acceptors (Lipinski definition) is 5. The molecule has 2 aromatic carbocycles. The topological polar surface area (TPSA) is 86.3 Å². The fourth-order valence-corrected chi connectivity index (χ4v) is 3.64. The number of ether oxygens (including phenoxy) is 1. The van der Waals surface area contributed by atoms with Gasteiger partial charge in [-0.15, -0.1) is 0 Å². The Kier molecular flexibility index (Phi) is 6.44.